The van der Waals surface area contributed by atoms with Gasteiger partial charge in [0.1, 0.15) is 6.61 Å². The Morgan fingerprint density at radius 3 is 2.40 bits per heavy atom. The largest absolute Gasteiger partial charge is 0.493 e. The van der Waals surface area contributed by atoms with Gasteiger partial charge in [-0.05, 0) is 104 Å². The van der Waals surface area contributed by atoms with Crippen LogP contribution in [0.25, 0.3) is 6.08 Å². The van der Waals surface area contributed by atoms with Crippen molar-refractivity contribution >= 4 is 34.6 Å². The van der Waals surface area contributed by atoms with Crippen molar-refractivity contribution < 1.29 is 14.3 Å². The van der Waals surface area contributed by atoms with Crippen LogP contribution in [0.4, 0.5) is 5.69 Å². The number of nitrogens with zero attached hydrogens (tertiary/aromatic N) is 2. The van der Waals surface area contributed by atoms with Crippen LogP contribution < -0.4 is 9.47 Å². The van der Waals surface area contributed by atoms with Crippen LogP contribution >= 0.6 is 11.8 Å². The number of methoxy groups -OCH3 is 1. The molecule has 1 aliphatic carbocycles. The van der Waals surface area contributed by atoms with Crippen molar-refractivity contribution in [3.05, 3.63) is 93.4 Å². The maximum atomic E-state index is 13.8. The lowest BCUT2D eigenvalue weighted by Crippen LogP contribution is -2.44. The molecule has 6 heteroatoms. The standard InChI is InChI=1S/C34H38N2O3S/c1-22-17-24(3)28(25(4)18-22)21-39-30-16-15-26(19-31(30)38-5)20-32-33(37)36(29-14-10-9-11-23(29)2)34(40-32)35-27-12-7-6-8-13-27/h6-8,12-13,15-20,23,29H,9-11,14,21H2,1-5H3/b32-20-,35-34?/t23-,29+/m0/s1. The Kier molecular flexibility index (Phi) is 8.65. The molecule has 5 rings (SSSR count). The van der Waals surface area contributed by atoms with E-state index in [1.54, 1.807) is 7.11 Å². The maximum Gasteiger partial charge on any atom is 0.267 e. The number of aliphatic imine (C=N–C) groups is 1. The molecule has 1 saturated heterocycles. The minimum atomic E-state index is 0.0306. The van der Waals surface area contributed by atoms with Crippen molar-refractivity contribution in [3.63, 3.8) is 0 Å². The predicted octanol–water partition coefficient (Wildman–Crippen LogP) is 8.38. The topological polar surface area (TPSA) is 51.1 Å². The summed E-state index contributed by atoms with van der Waals surface area (Å²) in [6.45, 7) is 9.08. The summed E-state index contributed by atoms with van der Waals surface area (Å²) in [5.41, 5.74) is 6.63. The summed E-state index contributed by atoms with van der Waals surface area (Å²) < 4.78 is 11.9. The lowest BCUT2D eigenvalue weighted by molar-refractivity contribution is -0.124. The molecule has 2 fully saturated rings. The molecule has 1 heterocycles. The molecule has 208 valence electrons. The van der Waals surface area contributed by atoms with Gasteiger partial charge in [-0.2, -0.15) is 0 Å². The van der Waals surface area contributed by atoms with E-state index >= 15 is 0 Å². The van der Waals surface area contributed by atoms with E-state index in [2.05, 4.69) is 39.8 Å². The van der Waals surface area contributed by atoms with Crippen LogP contribution in [-0.4, -0.2) is 29.1 Å². The monoisotopic (exact) mass is 554 g/mol. The number of para-hydroxylation sites is 1. The van der Waals surface area contributed by atoms with Crippen LogP contribution in [0.5, 0.6) is 11.5 Å². The summed E-state index contributed by atoms with van der Waals surface area (Å²) in [5, 5.41) is 0.761. The highest BCUT2D eigenvalue weighted by Crippen LogP contribution is 2.41. The fourth-order valence-electron chi connectivity index (χ4n) is 5.78. The zero-order valence-electron chi connectivity index (χ0n) is 24.1. The van der Waals surface area contributed by atoms with E-state index in [4.69, 9.17) is 14.5 Å². The van der Waals surface area contributed by atoms with Gasteiger partial charge >= 0.3 is 0 Å². The molecule has 1 aliphatic heterocycles. The van der Waals surface area contributed by atoms with Gasteiger partial charge < -0.3 is 9.47 Å². The van der Waals surface area contributed by atoms with Gasteiger partial charge in [0.25, 0.3) is 5.91 Å². The number of amides is 1. The molecular formula is C34H38N2O3S. The number of aryl methyl sites for hydroxylation is 3. The summed E-state index contributed by atoms with van der Waals surface area (Å²) in [6.07, 6.45) is 6.45. The summed E-state index contributed by atoms with van der Waals surface area (Å²) >= 11 is 1.46. The molecule has 3 aromatic rings. The van der Waals surface area contributed by atoms with E-state index in [-0.39, 0.29) is 11.9 Å². The Labute approximate surface area is 242 Å². The second kappa shape index (κ2) is 12.3. The molecule has 0 radical (unpaired) electrons. The van der Waals surface area contributed by atoms with E-state index < -0.39 is 0 Å². The summed E-state index contributed by atoms with van der Waals surface area (Å²) in [5.74, 6) is 1.79. The molecule has 0 spiro atoms. The minimum Gasteiger partial charge on any atom is -0.493 e. The van der Waals surface area contributed by atoms with Crippen LogP contribution in [0.2, 0.25) is 0 Å². The van der Waals surface area contributed by atoms with Gasteiger partial charge in [-0.15, -0.1) is 0 Å². The number of hydrogen-bond acceptors (Lipinski definition) is 5. The predicted molar refractivity (Wildman–Crippen MR) is 165 cm³/mol. The van der Waals surface area contributed by atoms with Crippen LogP contribution in [0.1, 0.15) is 60.4 Å². The number of ether oxygens (including phenoxy) is 2. The molecule has 0 unspecified atom stereocenters. The first-order valence-electron chi connectivity index (χ1n) is 14.1. The first-order chi connectivity index (χ1) is 19.3. The van der Waals surface area contributed by atoms with Crippen molar-refractivity contribution in [3.8, 4) is 11.5 Å². The smallest absolute Gasteiger partial charge is 0.267 e. The quantitative estimate of drug-likeness (QED) is 0.275. The fourth-order valence-corrected chi connectivity index (χ4v) is 6.83. The number of thioether (sulfide) groups is 1. The van der Waals surface area contributed by atoms with Crippen LogP contribution in [0.15, 0.2) is 70.6 Å². The Bertz CT molecular complexity index is 1420. The SMILES string of the molecule is COc1cc(/C=C2\SC(=Nc3ccccc3)N([C@@H]3CCCC[C@@H]3C)C2=O)ccc1OCc1c(C)cc(C)cc1C. The van der Waals surface area contributed by atoms with Crippen LogP contribution in [-0.2, 0) is 11.4 Å². The number of benzene rings is 3. The molecule has 0 aromatic heterocycles. The molecule has 0 N–H and O–H groups in total. The number of amidine groups is 1. The van der Waals surface area contributed by atoms with E-state index in [0.29, 0.717) is 28.9 Å². The first kappa shape index (κ1) is 28.0. The maximum absolute atomic E-state index is 13.8. The first-order valence-corrected chi connectivity index (χ1v) is 14.9. The lowest BCUT2D eigenvalue weighted by atomic mass is 9.85. The summed E-state index contributed by atoms with van der Waals surface area (Å²) in [4.78, 5) is 21.4. The Balaban J connectivity index is 1.41. The third-order valence-corrected chi connectivity index (χ3v) is 8.90. The second-order valence-corrected chi connectivity index (χ2v) is 11.9. The molecule has 3 aromatic carbocycles. The average molecular weight is 555 g/mol. The molecular weight excluding hydrogens is 516 g/mol. The molecule has 40 heavy (non-hydrogen) atoms. The zero-order valence-corrected chi connectivity index (χ0v) is 24.9. The Hall–Kier alpha value is -3.51. The molecule has 1 saturated carbocycles. The highest BCUT2D eigenvalue weighted by atomic mass is 32.2. The minimum absolute atomic E-state index is 0.0306. The molecule has 2 aliphatic rings. The van der Waals surface area contributed by atoms with Gasteiger partial charge in [-0.3, -0.25) is 9.69 Å². The van der Waals surface area contributed by atoms with E-state index in [1.807, 2.05) is 59.5 Å². The number of carbonyl (C=O) groups excluding carboxylic acids is 1. The lowest BCUT2D eigenvalue weighted by Gasteiger charge is -2.35. The molecule has 5 nitrogen and oxygen atoms in total. The average Bonchev–Trinajstić information content (AvgIpc) is 3.23. The zero-order chi connectivity index (χ0) is 28.2. The molecule has 2 atom stereocenters. The highest BCUT2D eigenvalue weighted by molar-refractivity contribution is 8.18. The van der Waals surface area contributed by atoms with Crippen LogP contribution in [0.3, 0.4) is 0 Å². The third kappa shape index (κ3) is 6.12. The Morgan fingerprint density at radius 1 is 0.975 bits per heavy atom. The van der Waals surface area contributed by atoms with Crippen molar-refractivity contribution in [1.82, 2.24) is 4.90 Å². The van der Waals surface area contributed by atoms with Gasteiger partial charge in [0.2, 0.25) is 0 Å². The van der Waals surface area contributed by atoms with E-state index in [1.165, 1.54) is 40.4 Å². The van der Waals surface area contributed by atoms with Gasteiger partial charge in [-0.25, -0.2) is 4.99 Å². The van der Waals surface area contributed by atoms with Crippen molar-refractivity contribution in [2.75, 3.05) is 7.11 Å². The van der Waals surface area contributed by atoms with Crippen molar-refractivity contribution in [2.45, 2.75) is 66.0 Å². The molecule has 0 bridgehead atoms. The molecule has 1 amide bonds. The summed E-state index contributed by atoms with van der Waals surface area (Å²) in [6, 6.07) is 20.3. The number of rotatable bonds is 7. The third-order valence-electron chi connectivity index (χ3n) is 7.91. The normalized spacial score (nSPS) is 21.3. The van der Waals surface area contributed by atoms with Gasteiger partial charge in [0.05, 0.1) is 17.7 Å². The second-order valence-electron chi connectivity index (χ2n) is 10.9. The van der Waals surface area contributed by atoms with Crippen LogP contribution in [0, 0.1) is 26.7 Å². The summed E-state index contributed by atoms with van der Waals surface area (Å²) in [7, 11) is 1.65. The highest BCUT2D eigenvalue weighted by Gasteiger charge is 2.41. The van der Waals surface area contributed by atoms with E-state index in [0.717, 1.165) is 35.7 Å². The fraction of sp³-hybridized carbons (Fsp3) is 0.353. The van der Waals surface area contributed by atoms with Gasteiger partial charge in [-0.1, -0.05) is 61.7 Å². The Morgan fingerprint density at radius 2 is 1.70 bits per heavy atom. The van der Waals surface area contributed by atoms with Crippen molar-refractivity contribution in [1.29, 1.82) is 0 Å². The van der Waals surface area contributed by atoms with Gasteiger partial charge in [0, 0.05) is 6.04 Å². The number of hydrogen-bond donors (Lipinski definition) is 0. The van der Waals surface area contributed by atoms with Crippen molar-refractivity contribution in [2.24, 2.45) is 10.9 Å². The van der Waals surface area contributed by atoms with Gasteiger partial charge in [0.15, 0.2) is 16.7 Å². The van der Waals surface area contributed by atoms with E-state index in [9.17, 15) is 4.79 Å². The number of carbonyl (C=O) groups is 1.